The number of aliphatic hydroxyl groups is 1. The molecule has 4 nitrogen and oxygen atoms in total. The van der Waals surface area contributed by atoms with Gasteiger partial charge < -0.3 is 14.9 Å². The summed E-state index contributed by atoms with van der Waals surface area (Å²) in [4.78, 5) is 16.2. The SMILES string of the molecule is CC(O)CCC(=O)N(CCN(C)C)Cc1ccccc1. The molecule has 0 bridgehead atoms. The molecule has 1 aromatic rings. The summed E-state index contributed by atoms with van der Waals surface area (Å²) in [5, 5.41) is 9.31. The van der Waals surface area contributed by atoms with Gasteiger partial charge in [0, 0.05) is 26.1 Å². The summed E-state index contributed by atoms with van der Waals surface area (Å²) < 4.78 is 0. The molecule has 0 heterocycles. The number of benzene rings is 1. The first-order valence-electron chi connectivity index (χ1n) is 7.13. The first kappa shape index (κ1) is 16.7. The van der Waals surface area contributed by atoms with Crippen LogP contribution in [0, 0.1) is 0 Å². The molecule has 0 aliphatic carbocycles. The van der Waals surface area contributed by atoms with E-state index in [1.807, 2.05) is 49.3 Å². The molecule has 1 aromatic carbocycles. The summed E-state index contributed by atoms with van der Waals surface area (Å²) >= 11 is 0. The number of amides is 1. The molecule has 1 N–H and O–H groups in total. The second kappa shape index (κ2) is 8.72. The summed E-state index contributed by atoms with van der Waals surface area (Å²) in [7, 11) is 4.00. The van der Waals surface area contributed by atoms with Crippen molar-refractivity contribution in [2.75, 3.05) is 27.2 Å². The number of aliphatic hydroxyl groups excluding tert-OH is 1. The van der Waals surface area contributed by atoms with E-state index in [2.05, 4.69) is 4.90 Å². The maximum absolute atomic E-state index is 12.3. The van der Waals surface area contributed by atoms with Crippen molar-refractivity contribution in [1.82, 2.24) is 9.80 Å². The number of rotatable bonds is 8. The molecule has 20 heavy (non-hydrogen) atoms. The van der Waals surface area contributed by atoms with Gasteiger partial charge in [0.15, 0.2) is 0 Å². The van der Waals surface area contributed by atoms with Gasteiger partial charge in [-0.3, -0.25) is 4.79 Å². The van der Waals surface area contributed by atoms with E-state index in [-0.39, 0.29) is 5.91 Å². The van der Waals surface area contributed by atoms with Crippen LogP contribution in [0.3, 0.4) is 0 Å². The number of carbonyl (C=O) groups excluding carboxylic acids is 1. The third-order valence-corrected chi connectivity index (χ3v) is 3.16. The first-order chi connectivity index (χ1) is 9.49. The highest BCUT2D eigenvalue weighted by Gasteiger charge is 2.14. The third kappa shape index (κ3) is 6.68. The van der Waals surface area contributed by atoms with Gasteiger partial charge in [0.2, 0.25) is 5.91 Å². The molecule has 0 aromatic heterocycles. The molecule has 0 saturated carbocycles. The highest BCUT2D eigenvalue weighted by atomic mass is 16.3. The highest BCUT2D eigenvalue weighted by molar-refractivity contribution is 5.76. The smallest absolute Gasteiger partial charge is 0.223 e. The normalized spacial score (nSPS) is 12.4. The molecule has 4 heteroatoms. The standard InChI is InChI=1S/C16H26N2O2/c1-14(19)9-10-16(20)18(12-11-17(2)3)13-15-7-5-4-6-8-15/h4-8,14,19H,9-13H2,1-3H3. The summed E-state index contributed by atoms with van der Waals surface area (Å²) in [5.41, 5.74) is 1.14. The number of hydrogen-bond donors (Lipinski definition) is 1. The van der Waals surface area contributed by atoms with Crippen LogP contribution < -0.4 is 0 Å². The molecular formula is C16H26N2O2. The average molecular weight is 278 g/mol. The van der Waals surface area contributed by atoms with E-state index in [9.17, 15) is 9.90 Å². The molecule has 1 amide bonds. The molecule has 0 aliphatic rings. The zero-order valence-corrected chi connectivity index (χ0v) is 12.7. The molecule has 1 rings (SSSR count). The van der Waals surface area contributed by atoms with E-state index in [0.29, 0.717) is 25.9 Å². The fraction of sp³-hybridized carbons (Fsp3) is 0.562. The van der Waals surface area contributed by atoms with Crippen LogP contribution in [0.2, 0.25) is 0 Å². The Hall–Kier alpha value is -1.39. The van der Waals surface area contributed by atoms with Crippen LogP contribution in [0.4, 0.5) is 0 Å². The number of nitrogens with zero attached hydrogens (tertiary/aromatic N) is 2. The summed E-state index contributed by atoms with van der Waals surface area (Å²) in [5.74, 6) is 0.108. The zero-order chi connectivity index (χ0) is 15.0. The third-order valence-electron chi connectivity index (χ3n) is 3.16. The van der Waals surface area contributed by atoms with Crippen LogP contribution in [-0.2, 0) is 11.3 Å². The number of likely N-dealkylation sites (N-methyl/N-ethyl adjacent to an activating group) is 1. The van der Waals surface area contributed by atoms with Crippen LogP contribution in [0.25, 0.3) is 0 Å². The Labute approximate surface area is 122 Å². The average Bonchev–Trinajstić information content (AvgIpc) is 2.41. The van der Waals surface area contributed by atoms with Crippen molar-refractivity contribution in [2.24, 2.45) is 0 Å². The largest absolute Gasteiger partial charge is 0.393 e. The van der Waals surface area contributed by atoms with Gasteiger partial charge in [-0.2, -0.15) is 0 Å². The molecule has 0 aliphatic heterocycles. The molecule has 0 saturated heterocycles. The van der Waals surface area contributed by atoms with Gasteiger partial charge in [0.25, 0.3) is 0 Å². The summed E-state index contributed by atoms with van der Waals surface area (Å²) in [6.45, 7) is 3.90. The Morgan fingerprint density at radius 2 is 1.85 bits per heavy atom. The van der Waals surface area contributed by atoms with Gasteiger partial charge >= 0.3 is 0 Å². The van der Waals surface area contributed by atoms with Gasteiger partial charge in [0.1, 0.15) is 0 Å². The molecule has 112 valence electrons. The molecule has 1 atom stereocenters. The maximum atomic E-state index is 12.3. The number of hydrogen-bond acceptors (Lipinski definition) is 3. The molecule has 1 unspecified atom stereocenters. The minimum absolute atomic E-state index is 0.108. The molecule has 0 spiro atoms. The fourth-order valence-electron chi connectivity index (χ4n) is 1.91. The maximum Gasteiger partial charge on any atom is 0.223 e. The van der Waals surface area contributed by atoms with Crippen molar-refractivity contribution in [3.05, 3.63) is 35.9 Å². The van der Waals surface area contributed by atoms with E-state index in [1.165, 1.54) is 0 Å². The van der Waals surface area contributed by atoms with Gasteiger partial charge in [0.05, 0.1) is 6.10 Å². The first-order valence-corrected chi connectivity index (χ1v) is 7.13. The summed E-state index contributed by atoms with van der Waals surface area (Å²) in [6, 6.07) is 10.0. The monoisotopic (exact) mass is 278 g/mol. The lowest BCUT2D eigenvalue weighted by atomic mass is 10.1. The van der Waals surface area contributed by atoms with Crippen LogP contribution in [0.15, 0.2) is 30.3 Å². The zero-order valence-electron chi connectivity index (χ0n) is 12.7. The predicted molar refractivity (Wildman–Crippen MR) is 81.3 cm³/mol. The molecule has 0 radical (unpaired) electrons. The Bertz CT molecular complexity index is 391. The van der Waals surface area contributed by atoms with Gasteiger partial charge in [-0.15, -0.1) is 0 Å². The minimum Gasteiger partial charge on any atom is -0.393 e. The summed E-state index contributed by atoms with van der Waals surface area (Å²) in [6.07, 6.45) is 0.496. The van der Waals surface area contributed by atoms with Gasteiger partial charge in [-0.05, 0) is 33.0 Å². The van der Waals surface area contributed by atoms with Crippen LogP contribution in [0.1, 0.15) is 25.3 Å². The van der Waals surface area contributed by atoms with Crippen LogP contribution in [-0.4, -0.2) is 54.1 Å². The van der Waals surface area contributed by atoms with E-state index in [1.54, 1.807) is 6.92 Å². The quantitative estimate of drug-likeness (QED) is 0.787. The van der Waals surface area contributed by atoms with Crippen molar-refractivity contribution >= 4 is 5.91 Å². The van der Waals surface area contributed by atoms with E-state index in [0.717, 1.165) is 12.1 Å². The van der Waals surface area contributed by atoms with Crippen molar-refractivity contribution in [3.63, 3.8) is 0 Å². The van der Waals surface area contributed by atoms with Crippen molar-refractivity contribution in [2.45, 2.75) is 32.4 Å². The van der Waals surface area contributed by atoms with Gasteiger partial charge in [-0.1, -0.05) is 30.3 Å². The highest BCUT2D eigenvalue weighted by Crippen LogP contribution is 2.08. The van der Waals surface area contributed by atoms with Crippen molar-refractivity contribution in [1.29, 1.82) is 0 Å². The predicted octanol–water partition coefficient (Wildman–Crippen LogP) is 1.74. The molecular weight excluding hydrogens is 252 g/mol. The van der Waals surface area contributed by atoms with E-state index < -0.39 is 6.10 Å². The van der Waals surface area contributed by atoms with Gasteiger partial charge in [-0.25, -0.2) is 0 Å². The Morgan fingerprint density at radius 1 is 1.20 bits per heavy atom. The van der Waals surface area contributed by atoms with Crippen molar-refractivity contribution in [3.8, 4) is 0 Å². The van der Waals surface area contributed by atoms with E-state index >= 15 is 0 Å². The lowest BCUT2D eigenvalue weighted by Crippen LogP contribution is -2.36. The Balaban J connectivity index is 2.61. The van der Waals surface area contributed by atoms with Crippen LogP contribution in [0.5, 0.6) is 0 Å². The lowest BCUT2D eigenvalue weighted by molar-refractivity contribution is -0.132. The second-order valence-corrected chi connectivity index (χ2v) is 5.49. The van der Waals surface area contributed by atoms with Crippen molar-refractivity contribution < 1.29 is 9.90 Å². The van der Waals surface area contributed by atoms with Crippen LogP contribution >= 0.6 is 0 Å². The molecule has 0 fully saturated rings. The fourth-order valence-corrected chi connectivity index (χ4v) is 1.91. The topological polar surface area (TPSA) is 43.8 Å². The Morgan fingerprint density at radius 3 is 2.40 bits per heavy atom. The number of carbonyl (C=O) groups is 1. The van der Waals surface area contributed by atoms with E-state index in [4.69, 9.17) is 0 Å². The Kier molecular flexibility index (Phi) is 7.26. The second-order valence-electron chi connectivity index (χ2n) is 5.49. The lowest BCUT2D eigenvalue weighted by Gasteiger charge is -2.25. The minimum atomic E-state index is -0.425.